The van der Waals surface area contributed by atoms with Crippen LogP contribution in [0.15, 0.2) is 0 Å². The lowest BCUT2D eigenvalue weighted by molar-refractivity contribution is 0.660. The van der Waals surface area contributed by atoms with Crippen LogP contribution >= 0.6 is 0 Å². The Labute approximate surface area is 103 Å². The second-order valence-electron chi connectivity index (χ2n) is 4.82. The maximum Gasteiger partial charge on any atom is 0.132 e. The van der Waals surface area contributed by atoms with E-state index < -0.39 is 0 Å². The van der Waals surface area contributed by atoms with Gasteiger partial charge in [0.2, 0.25) is 0 Å². The molecular weight excluding hydrogens is 212 g/mol. The fourth-order valence-electron chi connectivity index (χ4n) is 2.56. The molecule has 0 unspecified atom stereocenters. The van der Waals surface area contributed by atoms with E-state index in [9.17, 15) is 0 Å². The van der Waals surface area contributed by atoms with E-state index >= 15 is 0 Å². The highest BCUT2D eigenvalue weighted by molar-refractivity contribution is 5.51. The average Bonchev–Trinajstić information content (AvgIpc) is 2.81. The van der Waals surface area contributed by atoms with E-state index in [1.165, 1.54) is 25.7 Å². The standard InChI is InChI=1S/C13H22N4/c1-9-12(15-8-7-14)10(2)17-13(16-9)11-5-3-4-6-11/h11,15H,3-8,14H2,1-2H3. The van der Waals surface area contributed by atoms with Gasteiger partial charge in [0.1, 0.15) is 5.82 Å². The molecule has 1 heterocycles. The van der Waals surface area contributed by atoms with Gasteiger partial charge in [0.05, 0.1) is 17.1 Å². The van der Waals surface area contributed by atoms with Crippen molar-refractivity contribution in [2.45, 2.75) is 45.4 Å². The monoisotopic (exact) mass is 234 g/mol. The Balaban J connectivity index is 2.21. The fraction of sp³-hybridized carbons (Fsp3) is 0.692. The SMILES string of the molecule is Cc1nc(C2CCCC2)nc(C)c1NCCN. The summed E-state index contributed by atoms with van der Waals surface area (Å²) in [7, 11) is 0. The summed E-state index contributed by atoms with van der Waals surface area (Å²) in [6, 6.07) is 0. The molecule has 2 rings (SSSR count). The smallest absolute Gasteiger partial charge is 0.132 e. The molecule has 1 saturated carbocycles. The maximum absolute atomic E-state index is 5.50. The Morgan fingerprint density at radius 2 is 1.76 bits per heavy atom. The second-order valence-corrected chi connectivity index (χ2v) is 4.82. The van der Waals surface area contributed by atoms with Crippen molar-refractivity contribution < 1.29 is 0 Å². The van der Waals surface area contributed by atoms with Gasteiger partial charge in [0.15, 0.2) is 0 Å². The lowest BCUT2D eigenvalue weighted by Crippen LogP contribution is -2.16. The molecule has 0 radical (unpaired) electrons. The van der Waals surface area contributed by atoms with Crippen molar-refractivity contribution >= 4 is 5.69 Å². The minimum Gasteiger partial charge on any atom is -0.381 e. The highest BCUT2D eigenvalue weighted by Crippen LogP contribution is 2.33. The first-order valence-electron chi connectivity index (χ1n) is 6.51. The van der Waals surface area contributed by atoms with Gasteiger partial charge in [-0.05, 0) is 26.7 Å². The molecule has 0 atom stereocenters. The van der Waals surface area contributed by atoms with E-state index in [1.54, 1.807) is 0 Å². The maximum atomic E-state index is 5.50. The largest absolute Gasteiger partial charge is 0.381 e. The summed E-state index contributed by atoms with van der Waals surface area (Å²) >= 11 is 0. The van der Waals surface area contributed by atoms with E-state index in [1.807, 2.05) is 13.8 Å². The van der Waals surface area contributed by atoms with Crippen molar-refractivity contribution in [1.82, 2.24) is 9.97 Å². The van der Waals surface area contributed by atoms with E-state index in [2.05, 4.69) is 15.3 Å². The van der Waals surface area contributed by atoms with Crippen LogP contribution in [0.25, 0.3) is 0 Å². The zero-order chi connectivity index (χ0) is 12.3. The summed E-state index contributed by atoms with van der Waals surface area (Å²) in [5.41, 5.74) is 8.65. The minimum atomic E-state index is 0.580. The van der Waals surface area contributed by atoms with Crippen LogP contribution in [0.5, 0.6) is 0 Å². The van der Waals surface area contributed by atoms with Crippen LogP contribution in [0.2, 0.25) is 0 Å². The highest BCUT2D eigenvalue weighted by atomic mass is 15.0. The Morgan fingerprint density at radius 3 is 2.29 bits per heavy atom. The summed E-state index contributed by atoms with van der Waals surface area (Å²) in [6.07, 6.45) is 5.13. The van der Waals surface area contributed by atoms with Crippen LogP contribution in [0.3, 0.4) is 0 Å². The van der Waals surface area contributed by atoms with Crippen LogP contribution in [0.4, 0.5) is 5.69 Å². The Hall–Kier alpha value is -1.16. The fourth-order valence-corrected chi connectivity index (χ4v) is 2.56. The third-order valence-electron chi connectivity index (χ3n) is 3.45. The topological polar surface area (TPSA) is 63.8 Å². The molecule has 94 valence electrons. The lowest BCUT2D eigenvalue weighted by Gasteiger charge is -2.15. The molecule has 0 saturated heterocycles. The molecule has 0 spiro atoms. The summed E-state index contributed by atoms with van der Waals surface area (Å²) in [5.74, 6) is 1.62. The van der Waals surface area contributed by atoms with Crippen LogP contribution in [0.1, 0.15) is 48.8 Å². The molecule has 0 bridgehead atoms. The number of nitrogens with two attached hydrogens (primary N) is 1. The molecule has 4 nitrogen and oxygen atoms in total. The van der Waals surface area contributed by atoms with Gasteiger partial charge < -0.3 is 11.1 Å². The quantitative estimate of drug-likeness (QED) is 0.837. The number of aromatic nitrogens is 2. The molecule has 1 fully saturated rings. The number of hydrogen-bond acceptors (Lipinski definition) is 4. The van der Waals surface area contributed by atoms with Gasteiger partial charge in [-0.15, -0.1) is 0 Å². The first-order chi connectivity index (χ1) is 8.22. The number of rotatable bonds is 4. The lowest BCUT2D eigenvalue weighted by atomic mass is 10.1. The number of hydrogen-bond donors (Lipinski definition) is 2. The van der Waals surface area contributed by atoms with Crippen molar-refractivity contribution in [2.24, 2.45) is 5.73 Å². The van der Waals surface area contributed by atoms with Gasteiger partial charge in [-0.2, -0.15) is 0 Å². The Morgan fingerprint density at radius 1 is 1.18 bits per heavy atom. The van der Waals surface area contributed by atoms with E-state index in [0.717, 1.165) is 29.4 Å². The van der Waals surface area contributed by atoms with Crippen molar-refractivity contribution in [3.8, 4) is 0 Å². The van der Waals surface area contributed by atoms with Crippen molar-refractivity contribution in [2.75, 3.05) is 18.4 Å². The zero-order valence-corrected chi connectivity index (χ0v) is 10.8. The highest BCUT2D eigenvalue weighted by Gasteiger charge is 2.21. The molecule has 0 aliphatic heterocycles. The third-order valence-corrected chi connectivity index (χ3v) is 3.45. The number of aryl methyl sites for hydroxylation is 2. The molecule has 1 aromatic rings. The van der Waals surface area contributed by atoms with Gasteiger partial charge in [-0.3, -0.25) is 0 Å². The van der Waals surface area contributed by atoms with Crippen LogP contribution in [0, 0.1) is 13.8 Å². The van der Waals surface area contributed by atoms with Crippen LogP contribution in [-0.2, 0) is 0 Å². The summed E-state index contributed by atoms with van der Waals surface area (Å²) in [5, 5.41) is 3.30. The number of nitrogens with zero attached hydrogens (tertiary/aromatic N) is 2. The molecule has 0 aromatic carbocycles. The van der Waals surface area contributed by atoms with Crippen molar-refractivity contribution in [1.29, 1.82) is 0 Å². The average molecular weight is 234 g/mol. The Kier molecular flexibility index (Phi) is 3.94. The normalized spacial score (nSPS) is 16.4. The minimum absolute atomic E-state index is 0.580. The molecule has 17 heavy (non-hydrogen) atoms. The second kappa shape index (κ2) is 5.45. The number of anilines is 1. The predicted octanol–water partition coefficient (Wildman–Crippen LogP) is 2.12. The molecule has 1 aliphatic rings. The zero-order valence-electron chi connectivity index (χ0n) is 10.8. The summed E-state index contributed by atoms with van der Waals surface area (Å²) in [4.78, 5) is 9.31. The van der Waals surface area contributed by atoms with Crippen molar-refractivity contribution in [3.63, 3.8) is 0 Å². The predicted molar refractivity (Wildman–Crippen MR) is 70.3 cm³/mol. The van der Waals surface area contributed by atoms with Crippen molar-refractivity contribution in [3.05, 3.63) is 17.2 Å². The number of nitrogens with one attached hydrogen (secondary N) is 1. The molecule has 0 amide bonds. The van der Waals surface area contributed by atoms with E-state index in [0.29, 0.717) is 12.5 Å². The van der Waals surface area contributed by atoms with E-state index in [4.69, 9.17) is 5.73 Å². The third kappa shape index (κ3) is 2.75. The molecule has 1 aromatic heterocycles. The molecule has 3 N–H and O–H groups in total. The van der Waals surface area contributed by atoms with Gasteiger partial charge in [0, 0.05) is 19.0 Å². The van der Waals surface area contributed by atoms with Crippen LogP contribution < -0.4 is 11.1 Å². The summed E-state index contributed by atoms with van der Waals surface area (Å²) in [6.45, 7) is 5.50. The van der Waals surface area contributed by atoms with Gasteiger partial charge in [0.25, 0.3) is 0 Å². The first-order valence-corrected chi connectivity index (χ1v) is 6.51. The van der Waals surface area contributed by atoms with E-state index in [-0.39, 0.29) is 0 Å². The molecular formula is C13H22N4. The van der Waals surface area contributed by atoms with Crippen LogP contribution in [-0.4, -0.2) is 23.1 Å². The van der Waals surface area contributed by atoms with Gasteiger partial charge in [-0.25, -0.2) is 9.97 Å². The van der Waals surface area contributed by atoms with Gasteiger partial charge in [-0.1, -0.05) is 12.8 Å². The Bertz CT molecular complexity index is 360. The van der Waals surface area contributed by atoms with Gasteiger partial charge >= 0.3 is 0 Å². The molecule has 4 heteroatoms. The summed E-state index contributed by atoms with van der Waals surface area (Å²) < 4.78 is 0. The first kappa shape index (κ1) is 12.3. The molecule has 1 aliphatic carbocycles.